The predicted octanol–water partition coefficient (Wildman–Crippen LogP) is 4.79. The van der Waals surface area contributed by atoms with Gasteiger partial charge in [-0.1, -0.05) is 24.3 Å². The van der Waals surface area contributed by atoms with E-state index in [4.69, 9.17) is 13.9 Å². The first-order valence-corrected chi connectivity index (χ1v) is 10.4. The maximum atomic E-state index is 13.1. The molecule has 1 aliphatic rings. The predicted molar refractivity (Wildman–Crippen MR) is 118 cm³/mol. The van der Waals surface area contributed by atoms with E-state index in [-0.39, 0.29) is 12.7 Å². The number of ether oxygens (including phenoxy) is 2. The molecule has 0 aliphatic carbocycles. The molecule has 0 saturated heterocycles. The Labute approximate surface area is 185 Å². The third kappa shape index (κ3) is 3.92. The Hall–Kier alpha value is -4.13. The van der Waals surface area contributed by atoms with Crippen LogP contribution >= 0.6 is 0 Å². The molecule has 160 valence electrons. The molecule has 1 amide bonds. The third-order valence-electron chi connectivity index (χ3n) is 5.30. The van der Waals surface area contributed by atoms with Crippen LogP contribution in [0.25, 0.3) is 22.9 Å². The maximum absolute atomic E-state index is 13.1. The largest absolute Gasteiger partial charge is 0.454 e. The van der Waals surface area contributed by atoms with E-state index in [0.717, 1.165) is 22.4 Å². The number of carbonyl (C=O) groups is 1. The first-order chi connectivity index (χ1) is 15.7. The molecule has 0 bridgehead atoms. The Morgan fingerprint density at radius 3 is 2.28 bits per heavy atom. The van der Waals surface area contributed by atoms with Gasteiger partial charge in [-0.3, -0.25) is 4.79 Å². The molecule has 1 aliphatic heterocycles. The topological polar surface area (TPSA) is 77.7 Å². The van der Waals surface area contributed by atoms with Gasteiger partial charge in [0.1, 0.15) is 0 Å². The van der Waals surface area contributed by atoms with Gasteiger partial charge in [-0.2, -0.15) is 0 Å². The number of amides is 1. The van der Waals surface area contributed by atoms with Crippen LogP contribution in [-0.4, -0.2) is 34.3 Å². The molecule has 7 nitrogen and oxygen atoms in total. The minimum atomic E-state index is -0.0489. The van der Waals surface area contributed by atoms with E-state index in [1.54, 1.807) is 17.0 Å². The van der Waals surface area contributed by atoms with E-state index < -0.39 is 0 Å². The van der Waals surface area contributed by atoms with Crippen LogP contribution in [0.15, 0.2) is 77.2 Å². The van der Waals surface area contributed by atoms with Gasteiger partial charge in [-0.05, 0) is 61.0 Å². The van der Waals surface area contributed by atoms with Crippen LogP contribution in [0.5, 0.6) is 11.5 Å². The van der Waals surface area contributed by atoms with Crippen molar-refractivity contribution in [3.05, 3.63) is 83.9 Å². The van der Waals surface area contributed by atoms with E-state index in [1.165, 1.54) is 0 Å². The van der Waals surface area contributed by atoms with Crippen LogP contribution in [0.1, 0.15) is 22.8 Å². The van der Waals surface area contributed by atoms with Crippen molar-refractivity contribution in [3.8, 4) is 34.4 Å². The second-order valence-corrected chi connectivity index (χ2v) is 7.36. The van der Waals surface area contributed by atoms with Crippen molar-refractivity contribution in [1.29, 1.82) is 0 Å². The van der Waals surface area contributed by atoms with Crippen LogP contribution in [0.2, 0.25) is 0 Å². The number of rotatable bonds is 6. The molecule has 0 saturated carbocycles. The smallest absolute Gasteiger partial charge is 0.254 e. The lowest BCUT2D eigenvalue weighted by Crippen LogP contribution is -2.30. The summed E-state index contributed by atoms with van der Waals surface area (Å²) in [6.45, 7) is 3.26. The van der Waals surface area contributed by atoms with Crippen LogP contribution in [0, 0.1) is 0 Å². The number of carbonyl (C=O) groups excluding carboxylic acids is 1. The summed E-state index contributed by atoms with van der Waals surface area (Å²) < 4.78 is 16.6. The highest BCUT2D eigenvalue weighted by Crippen LogP contribution is 2.33. The molecule has 0 spiro atoms. The number of hydrogen-bond acceptors (Lipinski definition) is 6. The van der Waals surface area contributed by atoms with Gasteiger partial charge in [-0.25, -0.2) is 0 Å². The molecule has 3 aromatic carbocycles. The minimum absolute atomic E-state index is 0.0489. The zero-order valence-electron chi connectivity index (χ0n) is 17.5. The summed E-state index contributed by atoms with van der Waals surface area (Å²) in [5, 5.41) is 8.26. The van der Waals surface area contributed by atoms with E-state index in [1.807, 2.05) is 67.6 Å². The van der Waals surface area contributed by atoms with E-state index in [2.05, 4.69) is 10.2 Å². The normalized spacial score (nSPS) is 12.0. The van der Waals surface area contributed by atoms with Gasteiger partial charge in [0.15, 0.2) is 11.5 Å². The second kappa shape index (κ2) is 8.55. The molecule has 0 radical (unpaired) electrons. The molecule has 7 heteroatoms. The standard InChI is InChI=1S/C25H21N3O4/c1-2-28(15-17-8-13-21-22(14-17)31-16-30-21)25(29)20-11-9-19(10-12-20)24-27-26-23(32-24)18-6-4-3-5-7-18/h3-14H,2,15-16H2,1H3. The number of hydrogen-bond donors (Lipinski definition) is 0. The maximum Gasteiger partial charge on any atom is 0.254 e. The van der Waals surface area contributed by atoms with Crippen molar-refractivity contribution in [2.24, 2.45) is 0 Å². The summed E-state index contributed by atoms with van der Waals surface area (Å²) in [6, 6.07) is 22.6. The number of aromatic nitrogens is 2. The zero-order chi connectivity index (χ0) is 21.9. The average molecular weight is 427 g/mol. The van der Waals surface area contributed by atoms with Gasteiger partial charge < -0.3 is 18.8 Å². The van der Waals surface area contributed by atoms with Crippen LogP contribution in [-0.2, 0) is 6.54 Å². The average Bonchev–Trinajstić information content (AvgIpc) is 3.52. The van der Waals surface area contributed by atoms with Gasteiger partial charge in [0.25, 0.3) is 5.91 Å². The van der Waals surface area contributed by atoms with Gasteiger partial charge >= 0.3 is 0 Å². The van der Waals surface area contributed by atoms with Crippen LogP contribution in [0.4, 0.5) is 0 Å². The Kier molecular flexibility index (Phi) is 5.29. The summed E-state index contributed by atoms with van der Waals surface area (Å²) in [6.07, 6.45) is 0. The highest BCUT2D eigenvalue weighted by molar-refractivity contribution is 5.94. The molecular weight excluding hydrogens is 406 g/mol. The van der Waals surface area contributed by atoms with Crippen LogP contribution in [0.3, 0.4) is 0 Å². The van der Waals surface area contributed by atoms with E-state index in [0.29, 0.717) is 36.2 Å². The molecule has 4 aromatic rings. The van der Waals surface area contributed by atoms with E-state index in [9.17, 15) is 4.79 Å². The summed E-state index contributed by atoms with van der Waals surface area (Å²) in [7, 11) is 0. The molecule has 5 rings (SSSR count). The Balaban J connectivity index is 1.30. The highest BCUT2D eigenvalue weighted by Gasteiger charge is 2.18. The summed E-state index contributed by atoms with van der Waals surface area (Å²) >= 11 is 0. The van der Waals surface area contributed by atoms with Gasteiger partial charge in [0.2, 0.25) is 18.6 Å². The van der Waals surface area contributed by atoms with Crippen molar-refractivity contribution in [1.82, 2.24) is 15.1 Å². The fraction of sp³-hybridized carbons (Fsp3) is 0.160. The van der Waals surface area contributed by atoms with Crippen molar-refractivity contribution < 1.29 is 18.7 Å². The fourth-order valence-corrected chi connectivity index (χ4v) is 3.56. The molecule has 32 heavy (non-hydrogen) atoms. The lowest BCUT2D eigenvalue weighted by molar-refractivity contribution is 0.0752. The molecule has 2 heterocycles. The highest BCUT2D eigenvalue weighted by atomic mass is 16.7. The van der Waals surface area contributed by atoms with Crippen molar-refractivity contribution in [2.45, 2.75) is 13.5 Å². The van der Waals surface area contributed by atoms with Crippen molar-refractivity contribution in [3.63, 3.8) is 0 Å². The zero-order valence-corrected chi connectivity index (χ0v) is 17.5. The summed E-state index contributed by atoms with van der Waals surface area (Å²) in [5.41, 5.74) is 3.20. The second-order valence-electron chi connectivity index (χ2n) is 7.36. The van der Waals surface area contributed by atoms with Crippen LogP contribution < -0.4 is 9.47 Å². The summed E-state index contributed by atoms with van der Waals surface area (Å²) in [4.78, 5) is 14.9. The lowest BCUT2D eigenvalue weighted by Gasteiger charge is -2.21. The third-order valence-corrected chi connectivity index (χ3v) is 5.30. The Morgan fingerprint density at radius 2 is 1.56 bits per heavy atom. The molecule has 0 unspecified atom stereocenters. The Bertz CT molecular complexity index is 1240. The first-order valence-electron chi connectivity index (χ1n) is 10.4. The lowest BCUT2D eigenvalue weighted by atomic mass is 10.1. The molecular formula is C25H21N3O4. The molecule has 0 N–H and O–H groups in total. The van der Waals surface area contributed by atoms with Gasteiger partial charge in [-0.15, -0.1) is 10.2 Å². The first kappa shape index (κ1) is 19.8. The van der Waals surface area contributed by atoms with Crippen molar-refractivity contribution >= 4 is 5.91 Å². The number of benzene rings is 3. The summed E-state index contributed by atoms with van der Waals surface area (Å²) in [5.74, 6) is 2.27. The van der Waals surface area contributed by atoms with Crippen molar-refractivity contribution in [2.75, 3.05) is 13.3 Å². The number of fused-ring (bicyclic) bond motifs is 1. The number of nitrogens with zero attached hydrogens (tertiary/aromatic N) is 3. The monoisotopic (exact) mass is 427 g/mol. The van der Waals surface area contributed by atoms with Gasteiger partial charge in [0.05, 0.1) is 0 Å². The van der Waals surface area contributed by atoms with E-state index >= 15 is 0 Å². The fourth-order valence-electron chi connectivity index (χ4n) is 3.56. The quantitative estimate of drug-likeness (QED) is 0.440. The SMILES string of the molecule is CCN(Cc1ccc2c(c1)OCO2)C(=O)c1ccc(-c2nnc(-c3ccccc3)o2)cc1. The minimum Gasteiger partial charge on any atom is -0.454 e. The molecule has 0 atom stereocenters. The van der Waals surface area contributed by atoms with Gasteiger partial charge in [0, 0.05) is 29.8 Å². The Morgan fingerprint density at radius 1 is 0.875 bits per heavy atom. The molecule has 0 fully saturated rings. The molecule has 1 aromatic heterocycles.